The Morgan fingerprint density at radius 2 is 2.00 bits per heavy atom. The zero-order chi connectivity index (χ0) is 14.7. The summed E-state index contributed by atoms with van der Waals surface area (Å²) in [7, 11) is 3.36. The van der Waals surface area contributed by atoms with Crippen LogP contribution in [0.4, 0.5) is 5.69 Å². The van der Waals surface area contributed by atoms with Gasteiger partial charge in [-0.05, 0) is 37.8 Å². The van der Waals surface area contributed by atoms with Crippen molar-refractivity contribution in [2.24, 2.45) is 0 Å². The summed E-state index contributed by atoms with van der Waals surface area (Å²) in [4.78, 5) is 0. The van der Waals surface area contributed by atoms with E-state index in [1.807, 2.05) is 18.2 Å². The molecule has 1 spiro atoms. The summed E-state index contributed by atoms with van der Waals surface area (Å²) in [5.74, 6) is 1.67. The first-order valence-corrected chi connectivity index (χ1v) is 7.88. The molecule has 1 saturated carbocycles. The molecule has 0 radical (unpaired) electrons. The highest BCUT2D eigenvalue weighted by molar-refractivity contribution is 5.59. The Bertz CT molecular complexity index is 483. The highest BCUT2D eigenvalue weighted by Crippen LogP contribution is 2.43. The molecule has 4 heteroatoms. The van der Waals surface area contributed by atoms with Crippen LogP contribution in [0.5, 0.6) is 11.5 Å². The van der Waals surface area contributed by atoms with Crippen molar-refractivity contribution in [2.75, 3.05) is 26.1 Å². The Balaban J connectivity index is 1.60. The van der Waals surface area contributed by atoms with Crippen LogP contribution in [-0.4, -0.2) is 32.5 Å². The largest absolute Gasteiger partial charge is 0.497 e. The highest BCUT2D eigenvalue weighted by atomic mass is 16.5. The molecule has 1 heterocycles. The van der Waals surface area contributed by atoms with Crippen LogP contribution in [0, 0.1) is 0 Å². The van der Waals surface area contributed by atoms with Crippen LogP contribution in [0.15, 0.2) is 18.2 Å². The van der Waals surface area contributed by atoms with Gasteiger partial charge in [0.05, 0.1) is 31.6 Å². The molecule has 4 nitrogen and oxygen atoms in total. The molecule has 1 unspecified atom stereocenters. The average molecular weight is 291 g/mol. The summed E-state index contributed by atoms with van der Waals surface area (Å²) in [5.41, 5.74) is 1.16. The smallest absolute Gasteiger partial charge is 0.142 e. The minimum absolute atomic E-state index is 0.199. The van der Waals surface area contributed by atoms with Crippen molar-refractivity contribution in [1.82, 2.24) is 0 Å². The normalized spacial score (nSPS) is 23.4. The van der Waals surface area contributed by atoms with E-state index in [1.54, 1.807) is 14.2 Å². The Morgan fingerprint density at radius 1 is 1.19 bits per heavy atom. The minimum Gasteiger partial charge on any atom is -0.497 e. The summed E-state index contributed by atoms with van der Waals surface area (Å²) in [6.45, 7) is 0.825. The third-order valence-electron chi connectivity index (χ3n) is 4.78. The Morgan fingerprint density at radius 3 is 2.71 bits per heavy atom. The van der Waals surface area contributed by atoms with Gasteiger partial charge in [-0.15, -0.1) is 0 Å². The second kappa shape index (κ2) is 6.14. The number of methoxy groups -OCH3 is 2. The van der Waals surface area contributed by atoms with E-state index in [0.717, 1.165) is 30.2 Å². The van der Waals surface area contributed by atoms with Crippen molar-refractivity contribution < 1.29 is 14.2 Å². The molecule has 3 rings (SSSR count). The van der Waals surface area contributed by atoms with E-state index in [1.165, 1.54) is 32.1 Å². The lowest BCUT2D eigenvalue weighted by Crippen LogP contribution is -2.27. The third-order valence-corrected chi connectivity index (χ3v) is 4.78. The number of ether oxygens (including phenoxy) is 3. The van der Waals surface area contributed by atoms with E-state index in [2.05, 4.69) is 5.32 Å². The fourth-order valence-corrected chi connectivity index (χ4v) is 3.60. The summed E-state index contributed by atoms with van der Waals surface area (Å²) < 4.78 is 17.0. The van der Waals surface area contributed by atoms with Gasteiger partial charge in [0.1, 0.15) is 11.5 Å². The van der Waals surface area contributed by atoms with E-state index in [4.69, 9.17) is 14.2 Å². The van der Waals surface area contributed by atoms with Crippen molar-refractivity contribution in [1.29, 1.82) is 0 Å². The second-order valence-corrected chi connectivity index (χ2v) is 6.12. The molecule has 1 saturated heterocycles. The van der Waals surface area contributed by atoms with Crippen molar-refractivity contribution in [2.45, 2.75) is 50.2 Å². The molecule has 1 aliphatic heterocycles. The molecule has 0 bridgehead atoms. The van der Waals surface area contributed by atoms with Crippen LogP contribution in [-0.2, 0) is 4.74 Å². The molecule has 1 aromatic rings. The van der Waals surface area contributed by atoms with Gasteiger partial charge in [0.25, 0.3) is 0 Å². The first-order chi connectivity index (χ1) is 10.2. The Kier molecular flexibility index (Phi) is 4.24. The third kappa shape index (κ3) is 3.10. The molecule has 0 amide bonds. The monoisotopic (exact) mass is 291 g/mol. The topological polar surface area (TPSA) is 39.7 Å². The standard InChI is InChI=1S/C17H25NO3/c1-19-13-5-6-16(20-2)15(11-13)18-12-14-7-10-17(21-14)8-3-4-9-17/h5-6,11,14,18H,3-4,7-10,12H2,1-2H3. The zero-order valence-corrected chi connectivity index (χ0v) is 13.0. The highest BCUT2D eigenvalue weighted by Gasteiger charge is 2.41. The van der Waals surface area contributed by atoms with Crippen LogP contribution in [0.25, 0.3) is 0 Å². The molecule has 1 aromatic carbocycles. The van der Waals surface area contributed by atoms with Crippen LogP contribution in [0.1, 0.15) is 38.5 Å². The Labute approximate surface area is 126 Å². The first kappa shape index (κ1) is 14.5. The van der Waals surface area contributed by atoms with Gasteiger partial charge in [-0.1, -0.05) is 12.8 Å². The van der Waals surface area contributed by atoms with Crippen molar-refractivity contribution >= 4 is 5.69 Å². The second-order valence-electron chi connectivity index (χ2n) is 6.12. The van der Waals surface area contributed by atoms with Crippen molar-refractivity contribution in [3.05, 3.63) is 18.2 Å². The van der Waals surface area contributed by atoms with E-state index in [9.17, 15) is 0 Å². The van der Waals surface area contributed by atoms with Gasteiger partial charge in [0.2, 0.25) is 0 Å². The quantitative estimate of drug-likeness (QED) is 0.899. The maximum absolute atomic E-state index is 6.33. The summed E-state index contributed by atoms with van der Waals surface area (Å²) in [6, 6.07) is 5.80. The molecule has 2 fully saturated rings. The summed E-state index contributed by atoms with van der Waals surface area (Å²) in [5, 5.41) is 3.46. The van der Waals surface area contributed by atoms with Crippen molar-refractivity contribution in [3.8, 4) is 11.5 Å². The molecule has 2 aliphatic rings. The molecule has 1 atom stereocenters. The van der Waals surface area contributed by atoms with E-state index >= 15 is 0 Å². The van der Waals surface area contributed by atoms with Gasteiger partial charge >= 0.3 is 0 Å². The van der Waals surface area contributed by atoms with E-state index in [-0.39, 0.29) is 5.60 Å². The van der Waals surface area contributed by atoms with Crippen molar-refractivity contribution in [3.63, 3.8) is 0 Å². The number of nitrogens with one attached hydrogen (secondary N) is 1. The van der Waals surface area contributed by atoms with Crippen LogP contribution >= 0.6 is 0 Å². The maximum atomic E-state index is 6.33. The average Bonchev–Trinajstić information content (AvgIpc) is 3.15. The van der Waals surface area contributed by atoms with Crippen LogP contribution < -0.4 is 14.8 Å². The number of hydrogen-bond acceptors (Lipinski definition) is 4. The van der Waals surface area contributed by atoms with Crippen LogP contribution in [0.2, 0.25) is 0 Å². The lowest BCUT2D eigenvalue weighted by atomic mass is 9.98. The van der Waals surface area contributed by atoms with Crippen LogP contribution in [0.3, 0.4) is 0 Å². The van der Waals surface area contributed by atoms with Gasteiger partial charge < -0.3 is 19.5 Å². The predicted octanol–water partition coefficient (Wildman–Crippen LogP) is 3.61. The summed E-state index contributed by atoms with van der Waals surface area (Å²) >= 11 is 0. The number of anilines is 1. The molecule has 1 aliphatic carbocycles. The van der Waals surface area contributed by atoms with E-state index in [0.29, 0.717) is 6.10 Å². The number of rotatable bonds is 5. The Hall–Kier alpha value is -1.42. The number of benzene rings is 1. The van der Waals surface area contributed by atoms with Gasteiger partial charge in [-0.3, -0.25) is 0 Å². The fourth-order valence-electron chi connectivity index (χ4n) is 3.60. The van der Waals surface area contributed by atoms with E-state index < -0.39 is 0 Å². The lowest BCUT2D eigenvalue weighted by Gasteiger charge is -2.24. The molecule has 0 aromatic heterocycles. The van der Waals surface area contributed by atoms with Gasteiger partial charge in [0.15, 0.2) is 0 Å². The van der Waals surface area contributed by atoms with Gasteiger partial charge in [-0.25, -0.2) is 0 Å². The SMILES string of the molecule is COc1ccc(OC)c(NCC2CCC3(CCCC3)O2)c1. The minimum atomic E-state index is 0.199. The number of hydrogen-bond donors (Lipinski definition) is 1. The summed E-state index contributed by atoms with van der Waals surface area (Å²) in [6.07, 6.45) is 7.80. The molecular weight excluding hydrogens is 266 g/mol. The molecule has 21 heavy (non-hydrogen) atoms. The maximum Gasteiger partial charge on any atom is 0.142 e. The molecular formula is C17H25NO3. The van der Waals surface area contributed by atoms with Gasteiger partial charge in [0, 0.05) is 12.6 Å². The molecule has 1 N–H and O–H groups in total. The van der Waals surface area contributed by atoms with Gasteiger partial charge in [-0.2, -0.15) is 0 Å². The molecule has 116 valence electrons. The zero-order valence-electron chi connectivity index (χ0n) is 13.0. The first-order valence-electron chi connectivity index (χ1n) is 7.88. The fraction of sp³-hybridized carbons (Fsp3) is 0.647. The predicted molar refractivity (Wildman–Crippen MR) is 83.3 cm³/mol. The lowest BCUT2D eigenvalue weighted by molar-refractivity contribution is -0.0307.